The maximum absolute atomic E-state index is 12.0. The highest BCUT2D eigenvalue weighted by Crippen LogP contribution is 2.29. The summed E-state index contributed by atoms with van der Waals surface area (Å²) >= 11 is 1.59. The first-order chi connectivity index (χ1) is 10.6. The zero-order chi connectivity index (χ0) is 15.9. The number of thiophene rings is 1. The second-order valence-electron chi connectivity index (χ2n) is 4.69. The van der Waals surface area contributed by atoms with Gasteiger partial charge in [-0.25, -0.2) is 0 Å². The van der Waals surface area contributed by atoms with Crippen molar-refractivity contribution in [1.29, 1.82) is 0 Å². The van der Waals surface area contributed by atoms with Gasteiger partial charge >= 0.3 is 0 Å². The zero-order valence-corrected chi connectivity index (χ0v) is 13.6. The highest BCUT2D eigenvalue weighted by molar-refractivity contribution is 7.10. The number of hydrogen-bond donors (Lipinski definition) is 1. The highest BCUT2D eigenvalue weighted by Gasteiger charge is 2.14. The van der Waals surface area contributed by atoms with E-state index in [1.165, 1.54) is 6.08 Å². The molecular formula is C17H19NO3S. The molecule has 1 amide bonds. The van der Waals surface area contributed by atoms with E-state index >= 15 is 0 Å². The van der Waals surface area contributed by atoms with Crippen molar-refractivity contribution in [2.24, 2.45) is 0 Å². The average Bonchev–Trinajstić information content (AvgIpc) is 3.05. The maximum Gasteiger partial charge on any atom is 0.244 e. The van der Waals surface area contributed by atoms with Gasteiger partial charge in [-0.3, -0.25) is 4.79 Å². The van der Waals surface area contributed by atoms with Crippen LogP contribution in [0.2, 0.25) is 0 Å². The van der Waals surface area contributed by atoms with Crippen LogP contribution in [0.4, 0.5) is 0 Å². The van der Waals surface area contributed by atoms with E-state index in [0.29, 0.717) is 0 Å². The third-order valence-corrected chi connectivity index (χ3v) is 4.04. The molecule has 1 N–H and O–H groups in total. The molecule has 0 radical (unpaired) electrons. The molecule has 0 fully saturated rings. The minimum atomic E-state index is -0.189. The second kappa shape index (κ2) is 7.66. The first-order valence-electron chi connectivity index (χ1n) is 6.88. The molecule has 0 spiro atoms. The number of nitrogens with one attached hydrogen (secondary N) is 1. The molecule has 116 valence electrons. The molecular weight excluding hydrogens is 298 g/mol. The summed E-state index contributed by atoms with van der Waals surface area (Å²) < 4.78 is 10.6. The summed E-state index contributed by atoms with van der Waals surface area (Å²) in [6, 6.07) is 9.25. The van der Waals surface area contributed by atoms with Gasteiger partial charge in [0.1, 0.15) is 11.5 Å². The third kappa shape index (κ3) is 4.11. The largest absolute Gasteiger partial charge is 0.497 e. The fourth-order valence-electron chi connectivity index (χ4n) is 2.06. The Morgan fingerprint density at radius 3 is 2.73 bits per heavy atom. The van der Waals surface area contributed by atoms with Crippen LogP contribution < -0.4 is 14.8 Å². The number of carbonyl (C=O) groups excluding carboxylic acids is 1. The van der Waals surface area contributed by atoms with Crippen LogP contribution in [0.3, 0.4) is 0 Å². The van der Waals surface area contributed by atoms with Crippen molar-refractivity contribution < 1.29 is 14.3 Å². The van der Waals surface area contributed by atoms with Gasteiger partial charge in [0.15, 0.2) is 0 Å². The van der Waals surface area contributed by atoms with E-state index in [1.54, 1.807) is 31.6 Å². The van der Waals surface area contributed by atoms with Crippen LogP contribution in [0, 0.1) is 0 Å². The van der Waals surface area contributed by atoms with Crippen LogP contribution in [0.15, 0.2) is 41.8 Å². The number of ether oxygens (including phenoxy) is 2. The monoisotopic (exact) mass is 317 g/mol. The van der Waals surface area contributed by atoms with Crippen molar-refractivity contribution in [2.45, 2.75) is 13.0 Å². The average molecular weight is 317 g/mol. The zero-order valence-electron chi connectivity index (χ0n) is 12.8. The van der Waals surface area contributed by atoms with Gasteiger partial charge in [-0.05, 0) is 42.6 Å². The number of benzene rings is 1. The molecule has 0 aliphatic heterocycles. The van der Waals surface area contributed by atoms with Gasteiger partial charge < -0.3 is 14.8 Å². The van der Waals surface area contributed by atoms with E-state index in [-0.39, 0.29) is 11.9 Å². The Balaban J connectivity index is 2.08. The summed E-state index contributed by atoms with van der Waals surface area (Å²) in [5.41, 5.74) is 0.875. The van der Waals surface area contributed by atoms with Gasteiger partial charge in [-0.1, -0.05) is 6.07 Å². The topological polar surface area (TPSA) is 47.6 Å². The lowest BCUT2D eigenvalue weighted by atomic mass is 10.1. The van der Waals surface area contributed by atoms with Crippen molar-refractivity contribution in [3.63, 3.8) is 0 Å². The Kier molecular flexibility index (Phi) is 5.61. The van der Waals surface area contributed by atoms with Crippen molar-refractivity contribution in [1.82, 2.24) is 5.32 Å². The number of hydrogen-bond acceptors (Lipinski definition) is 4. The molecule has 0 aliphatic carbocycles. The molecule has 0 saturated carbocycles. The smallest absolute Gasteiger partial charge is 0.244 e. The lowest BCUT2D eigenvalue weighted by molar-refractivity contribution is -0.117. The molecule has 0 aliphatic rings. The Hall–Kier alpha value is -2.27. The Morgan fingerprint density at radius 1 is 1.27 bits per heavy atom. The van der Waals surface area contributed by atoms with Gasteiger partial charge in [0, 0.05) is 16.5 Å². The normalized spacial score (nSPS) is 12.1. The molecule has 1 aromatic heterocycles. The maximum atomic E-state index is 12.0. The van der Waals surface area contributed by atoms with Crippen molar-refractivity contribution in [3.05, 3.63) is 52.2 Å². The summed E-state index contributed by atoms with van der Waals surface area (Å²) in [6.07, 6.45) is 3.34. The van der Waals surface area contributed by atoms with Gasteiger partial charge in [-0.15, -0.1) is 11.3 Å². The molecule has 4 nitrogen and oxygen atoms in total. The van der Waals surface area contributed by atoms with E-state index in [9.17, 15) is 4.79 Å². The van der Waals surface area contributed by atoms with E-state index in [1.807, 2.05) is 42.6 Å². The van der Waals surface area contributed by atoms with E-state index in [2.05, 4.69) is 5.32 Å². The molecule has 2 aromatic rings. The SMILES string of the molecule is COc1ccc(OC)c([C@@H](C)NC(=O)/C=C/c2cccs2)c1. The summed E-state index contributed by atoms with van der Waals surface area (Å²) in [7, 11) is 3.22. The molecule has 0 saturated heterocycles. The second-order valence-corrected chi connectivity index (χ2v) is 5.67. The summed E-state index contributed by atoms with van der Waals surface area (Å²) in [4.78, 5) is 13.1. The summed E-state index contributed by atoms with van der Waals surface area (Å²) in [5, 5.41) is 4.90. The molecule has 5 heteroatoms. The summed E-state index contributed by atoms with van der Waals surface area (Å²) in [6.45, 7) is 1.91. The third-order valence-electron chi connectivity index (χ3n) is 3.20. The van der Waals surface area contributed by atoms with E-state index < -0.39 is 0 Å². The molecule has 22 heavy (non-hydrogen) atoms. The fourth-order valence-corrected chi connectivity index (χ4v) is 2.68. The van der Waals surface area contributed by atoms with Gasteiger partial charge in [0.25, 0.3) is 0 Å². The van der Waals surface area contributed by atoms with Gasteiger partial charge in [0.05, 0.1) is 20.3 Å². The standard InChI is InChI=1S/C17H19NO3S/c1-12(15-11-13(20-2)6-8-16(15)21-3)18-17(19)9-7-14-5-4-10-22-14/h4-12H,1-3H3,(H,18,19)/b9-7+/t12-/m1/s1. The minimum Gasteiger partial charge on any atom is -0.497 e. The molecule has 0 bridgehead atoms. The Labute approximate surface area is 134 Å². The summed E-state index contributed by atoms with van der Waals surface area (Å²) in [5.74, 6) is 1.30. The number of methoxy groups -OCH3 is 2. The molecule has 2 rings (SSSR count). The fraction of sp³-hybridized carbons (Fsp3) is 0.235. The first kappa shape index (κ1) is 16.1. The Morgan fingerprint density at radius 2 is 2.09 bits per heavy atom. The molecule has 1 atom stereocenters. The van der Waals surface area contributed by atoms with Crippen molar-refractivity contribution in [2.75, 3.05) is 14.2 Å². The number of rotatable bonds is 6. The van der Waals surface area contributed by atoms with Gasteiger partial charge in [-0.2, -0.15) is 0 Å². The predicted molar refractivity (Wildman–Crippen MR) is 89.5 cm³/mol. The van der Waals surface area contributed by atoms with Crippen LogP contribution in [-0.2, 0) is 4.79 Å². The van der Waals surface area contributed by atoms with Crippen LogP contribution in [-0.4, -0.2) is 20.1 Å². The van der Waals surface area contributed by atoms with Crippen LogP contribution in [0.5, 0.6) is 11.5 Å². The van der Waals surface area contributed by atoms with Crippen molar-refractivity contribution >= 4 is 23.3 Å². The quantitative estimate of drug-likeness (QED) is 0.827. The molecule has 1 aromatic carbocycles. The number of carbonyl (C=O) groups is 1. The number of amides is 1. The first-order valence-corrected chi connectivity index (χ1v) is 7.76. The highest BCUT2D eigenvalue weighted by atomic mass is 32.1. The van der Waals surface area contributed by atoms with Crippen LogP contribution in [0.1, 0.15) is 23.4 Å². The van der Waals surface area contributed by atoms with E-state index in [4.69, 9.17) is 9.47 Å². The molecule has 0 unspecified atom stereocenters. The predicted octanol–water partition coefficient (Wildman–Crippen LogP) is 3.66. The minimum absolute atomic E-state index is 0.147. The van der Waals surface area contributed by atoms with Crippen molar-refractivity contribution in [3.8, 4) is 11.5 Å². The Bertz CT molecular complexity index is 650. The lowest BCUT2D eigenvalue weighted by Gasteiger charge is -2.17. The van der Waals surface area contributed by atoms with E-state index in [0.717, 1.165) is 21.9 Å². The van der Waals surface area contributed by atoms with Crippen LogP contribution >= 0.6 is 11.3 Å². The van der Waals surface area contributed by atoms with Crippen LogP contribution in [0.25, 0.3) is 6.08 Å². The molecule has 1 heterocycles. The van der Waals surface area contributed by atoms with Gasteiger partial charge in [0.2, 0.25) is 5.91 Å². The lowest BCUT2D eigenvalue weighted by Crippen LogP contribution is -2.25.